The Labute approximate surface area is 103 Å². The third kappa shape index (κ3) is 2.62. The van der Waals surface area contributed by atoms with Crippen molar-refractivity contribution >= 4 is 0 Å². The first-order valence-corrected chi connectivity index (χ1v) is 5.17. The Bertz CT molecular complexity index is 596. The van der Waals surface area contributed by atoms with Gasteiger partial charge in [-0.2, -0.15) is 5.26 Å². The van der Waals surface area contributed by atoms with Gasteiger partial charge in [-0.15, -0.1) is 0 Å². The highest BCUT2D eigenvalue weighted by Gasteiger charge is 2.10. The van der Waals surface area contributed by atoms with Crippen LogP contribution in [0.25, 0.3) is 0 Å². The van der Waals surface area contributed by atoms with Gasteiger partial charge in [0.2, 0.25) is 5.88 Å². The number of rotatable bonds is 3. The van der Waals surface area contributed by atoms with Gasteiger partial charge in [0.1, 0.15) is 6.07 Å². The molecule has 0 aliphatic rings. The average molecular weight is 244 g/mol. The van der Waals surface area contributed by atoms with Gasteiger partial charge in [-0.05, 0) is 18.2 Å². The number of hydrogen-bond donors (Lipinski definition) is 1. The fraction of sp³-hybridized carbons (Fsp3) is 0.0769. The number of ether oxygens (including phenoxy) is 1. The molecule has 2 rings (SSSR count). The van der Waals surface area contributed by atoms with E-state index >= 15 is 0 Å². The first-order valence-electron chi connectivity index (χ1n) is 5.17. The molecule has 0 fully saturated rings. The Kier molecular flexibility index (Phi) is 3.51. The molecule has 0 saturated carbocycles. The average Bonchev–Trinajstić information content (AvgIpc) is 2.41. The molecule has 0 radical (unpaired) electrons. The summed E-state index contributed by atoms with van der Waals surface area (Å²) in [6.45, 7) is 0. The molecule has 1 N–H and O–H groups in total. The Balaban J connectivity index is 2.26. The number of aliphatic hydroxyl groups excluding tert-OH is 1. The number of nitrogens with zero attached hydrogens (tertiary/aromatic N) is 2. The number of para-hydroxylation sites is 1. The van der Waals surface area contributed by atoms with Gasteiger partial charge in [-0.3, -0.25) is 0 Å². The molecule has 1 aromatic carbocycles. The summed E-state index contributed by atoms with van der Waals surface area (Å²) < 4.78 is 18.6. The SMILES string of the molecule is N#CC(O)c1cccc(Oc2ccccc2F)n1. The van der Waals surface area contributed by atoms with Crippen LogP contribution in [-0.2, 0) is 0 Å². The minimum absolute atomic E-state index is 0.0357. The van der Waals surface area contributed by atoms with E-state index in [2.05, 4.69) is 4.98 Å². The highest BCUT2D eigenvalue weighted by Crippen LogP contribution is 2.23. The number of aromatic nitrogens is 1. The van der Waals surface area contributed by atoms with Crippen molar-refractivity contribution < 1.29 is 14.2 Å². The summed E-state index contributed by atoms with van der Waals surface area (Å²) in [6.07, 6.45) is -1.32. The lowest BCUT2D eigenvalue weighted by atomic mass is 10.2. The van der Waals surface area contributed by atoms with Crippen molar-refractivity contribution in [3.8, 4) is 17.7 Å². The van der Waals surface area contributed by atoms with Crippen LogP contribution in [-0.4, -0.2) is 10.1 Å². The molecule has 90 valence electrons. The quantitative estimate of drug-likeness (QED) is 0.842. The zero-order chi connectivity index (χ0) is 13.0. The fourth-order valence-corrected chi connectivity index (χ4v) is 1.35. The summed E-state index contributed by atoms with van der Waals surface area (Å²) >= 11 is 0. The van der Waals surface area contributed by atoms with Crippen molar-refractivity contribution in [2.24, 2.45) is 0 Å². The molecule has 1 atom stereocenters. The summed E-state index contributed by atoms with van der Waals surface area (Å²) in [7, 11) is 0. The van der Waals surface area contributed by atoms with E-state index in [4.69, 9.17) is 10.00 Å². The van der Waals surface area contributed by atoms with Crippen LogP contribution >= 0.6 is 0 Å². The molecule has 1 unspecified atom stereocenters. The minimum atomic E-state index is -1.32. The summed E-state index contributed by atoms with van der Waals surface area (Å²) in [6, 6.07) is 12.1. The van der Waals surface area contributed by atoms with E-state index in [0.29, 0.717) is 0 Å². The molecule has 0 saturated heterocycles. The van der Waals surface area contributed by atoms with Gasteiger partial charge in [0.05, 0.1) is 5.69 Å². The summed E-state index contributed by atoms with van der Waals surface area (Å²) in [5, 5.41) is 17.9. The predicted molar refractivity (Wildman–Crippen MR) is 61.3 cm³/mol. The van der Waals surface area contributed by atoms with Crippen LogP contribution in [0, 0.1) is 17.1 Å². The maximum Gasteiger partial charge on any atom is 0.219 e. The summed E-state index contributed by atoms with van der Waals surface area (Å²) in [5.74, 6) is -0.356. The van der Waals surface area contributed by atoms with Gasteiger partial charge in [0.15, 0.2) is 17.7 Å². The lowest BCUT2D eigenvalue weighted by molar-refractivity contribution is 0.229. The van der Waals surface area contributed by atoms with Crippen LogP contribution in [0.4, 0.5) is 4.39 Å². The molecule has 0 aliphatic heterocycles. The van der Waals surface area contributed by atoms with E-state index in [1.807, 2.05) is 0 Å². The molecule has 0 bridgehead atoms. The molecule has 1 aromatic heterocycles. The van der Waals surface area contributed by atoms with E-state index in [1.165, 1.54) is 24.3 Å². The number of aliphatic hydroxyl groups is 1. The van der Waals surface area contributed by atoms with Crippen LogP contribution in [0.3, 0.4) is 0 Å². The second kappa shape index (κ2) is 5.25. The Hall–Kier alpha value is -2.45. The van der Waals surface area contributed by atoms with E-state index in [-0.39, 0.29) is 17.3 Å². The molecular formula is C13H9FN2O2. The summed E-state index contributed by atoms with van der Waals surface area (Å²) in [5.41, 5.74) is 0.159. The maximum absolute atomic E-state index is 13.3. The van der Waals surface area contributed by atoms with Crippen molar-refractivity contribution in [1.82, 2.24) is 4.98 Å². The fourth-order valence-electron chi connectivity index (χ4n) is 1.35. The normalized spacial score (nSPS) is 11.6. The largest absolute Gasteiger partial charge is 0.436 e. The minimum Gasteiger partial charge on any atom is -0.436 e. The second-order valence-electron chi connectivity index (χ2n) is 3.46. The maximum atomic E-state index is 13.3. The monoisotopic (exact) mass is 244 g/mol. The van der Waals surface area contributed by atoms with Crippen molar-refractivity contribution in [1.29, 1.82) is 5.26 Å². The molecule has 0 amide bonds. The Morgan fingerprint density at radius 2 is 2.00 bits per heavy atom. The predicted octanol–water partition coefficient (Wildman–Crippen LogP) is 2.57. The highest BCUT2D eigenvalue weighted by atomic mass is 19.1. The second-order valence-corrected chi connectivity index (χ2v) is 3.46. The molecule has 5 heteroatoms. The zero-order valence-corrected chi connectivity index (χ0v) is 9.25. The van der Waals surface area contributed by atoms with E-state index in [9.17, 15) is 9.50 Å². The Morgan fingerprint density at radius 3 is 2.72 bits per heavy atom. The first kappa shape index (κ1) is 12.0. The summed E-state index contributed by atoms with van der Waals surface area (Å²) in [4.78, 5) is 3.92. The third-order valence-electron chi connectivity index (χ3n) is 2.20. The number of nitriles is 1. The van der Waals surface area contributed by atoms with E-state index in [1.54, 1.807) is 24.3 Å². The molecule has 2 aromatic rings. The molecular weight excluding hydrogens is 235 g/mol. The van der Waals surface area contributed by atoms with Gasteiger partial charge >= 0.3 is 0 Å². The highest BCUT2D eigenvalue weighted by molar-refractivity contribution is 5.29. The smallest absolute Gasteiger partial charge is 0.219 e. The number of halogens is 1. The van der Waals surface area contributed by atoms with Gasteiger partial charge in [0, 0.05) is 6.07 Å². The van der Waals surface area contributed by atoms with E-state index in [0.717, 1.165) is 0 Å². The number of hydrogen-bond acceptors (Lipinski definition) is 4. The van der Waals surface area contributed by atoms with Crippen LogP contribution < -0.4 is 4.74 Å². The van der Waals surface area contributed by atoms with Crippen molar-refractivity contribution in [3.63, 3.8) is 0 Å². The molecule has 0 spiro atoms. The van der Waals surface area contributed by atoms with Crippen LogP contribution in [0.2, 0.25) is 0 Å². The van der Waals surface area contributed by atoms with Crippen molar-refractivity contribution in [2.45, 2.75) is 6.10 Å². The van der Waals surface area contributed by atoms with Crippen LogP contribution in [0.15, 0.2) is 42.5 Å². The Morgan fingerprint density at radius 1 is 1.22 bits per heavy atom. The van der Waals surface area contributed by atoms with Gasteiger partial charge in [-0.1, -0.05) is 18.2 Å². The van der Waals surface area contributed by atoms with Crippen LogP contribution in [0.5, 0.6) is 11.6 Å². The number of benzene rings is 1. The van der Waals surface area contributed by atoms with Crippen molar-refractivity contribution in [3.05, 3.63) is 54.0 Å². The lowest BCUT2D eigenvalue weighted by Crippen LogP contribution is -1.99. The van der Waals surface area contributed by atoms with Crippen molar-refractivity contribution in [2.75, 3.05) is 0 Å². The third-order valence-corrected chi connectivity index (χ3v) is 2.20. The van der Waals surface area contributed by atoms with E-state index < -0.39 is 11.9 Å². The molecule has 4 nitrogen and oxygen atoms in total. The molecule has 18 heavy (non-hydrogen) atoms. The number of pyridine rings is 1. The molecule has 1 heterocycles. The van der Waals surface area contributed by atoms with Gasteiger partial charge in [-0.25, -0.2) is 9.37 Å². The standard InChI is InChI=1S/C13H9FN2O2/c14-9-4-1-2-6-12(9)18-13-7-3-5-10(16-13)11(17)8-15/h1-7,11,17H. The van der Waals surface area contributed by atoms with Crippen LogP contribution in [0.1, 0.15) is 11.8 Å². The first-order chi connectivity index (χ1) is 8.70. The van der Waals surface area contributed by atoms with Gasteiger partial charge in [0.25, 0.3) is 0 Å². The molecule has 0 aliphatic carbocycles. The lowest BCUT2D eigenvalue weighted by Gasteiger charge is -2.07. The topological polar surface area (TPSA) is 66.1 Å². The zero-order valence-electron chi connectivity index (χ0n) is 9.25. The van der Waals surface area contributed by atoms with Gasteiger partial charge < -0.3 is 9.84 Å².